The molecule has 3 aromatic rings. The number of aromatic nitrogens is 3. The molecule has 27 heavy (non-hydrogen) atoms. The number of nitrogens with zero attached hydrogens (tertiary/aromatic N) is 4. The normalized spacial score (nSPS) is 11.9. The van der Waals surface area contributed by atoms with E-state index in [9.17, 15) is 10.0 Å². The molecule has 0 radical (unpaired) electrons. The Hall–Kier alpha value is -3.13. The van der Waals surface area contributed by atoms with Gasteiger partial charge in [0.1, 0.15) is 17.0 Å². The summed E-state index contributed by atoms with van der Waals surface area (Å²) >= 11 is 5.92. The van der Waals surface area contributed by atoms with E-state index in [4.69, 9.17) is 16.3 Å². The molecule has 8 nitrogen and oxygen atoms in total. The van der Waals surface area contributed by atoms with E-state index < -0.39 is 12.1 Å². The van der Waals surface area contributed by atoms with Crippen molar-refractivity contribution < 1.29 is 19.1 Å². The Morgan fingerprint density at radius 3 is 2.59 bits per heavy atom. The van der Waals surface area contributed by atoms with Gasteiger partial charge >= 0.3 is 11.9 Å². The van der Waals surface area contributed by atoms with Gasteiger partial charge < -0.3 is 14.7 Å². The molecule has 2 aromatic carbocycles. The molecule has 0 N–H and O–H groups in total. The molecular weight excluding hydrogens is 372 g/mol. The van der Waals surface area contributed by atoms with Crippen molar-refractivity contribution in [1.82, 2.24) is 10.1 Å². The van der Waals surface area contributed by atoms with E-state index in [-0.39, 0.29) is 5.95 Å². The van der Waals surface area contributed by atoms with Gasteiger partial charge in [0.25, 0.3) is 0 Å². The number of rotatable bonds is 5. The van der Waals surface area contributed by atoms with Crippen LogP contribution in [-0.2, 0) is 9.53 Å². The number of benzene rings is 2. The van der Waals surface area contributed by atoms with Gasteiger partial charge in [0.2, 0.25) is 0 Å². The van der Waals surface area contributed by atoms with Crippen LogP contribution in [0.4, 0.5) is 11.6 Å². The van der Waals surface area contributed by atoms with E-state index in [0.717, 1.165) is 0 Å². The summed E-state index contributed by atoms with van der Waals surface area (Å²) in [5.74, 6) is 0.149. The summed E-state index contributed by atoms with van der Waals surface area (Å²) in [6, 6.07) is 11.8. The molecule has 140 valence electrons. The van der Waals surface area contributed by atoms with Crippen molar-refractivity contribution in [3.63, 3.8) is 0 Å². The summed E-state index contributed by atoms with van der Waals surface area (Å²) in [6.45, 7) is 1.60. The minimum atomic E-state index is -0.722. The van der Waals surface area contributed by atoms with Crippen LogP contribution in [0.2, 0.25) is 5.02 Å². The number of hydrogen-bond acceptors (Lipinski definition) is 7. The van der Waals surface area contributed by atoms with Gasteiger partial charge in [-0.3, -0.25) is 0 Å². The smallest absolute Gasteiger partial charge is 0.419 e. The van der Waals surface area contributed by atoms with E-state index >= 15 is 0 Å². The topological polar surface area (TPSA) is 91.5 Å². The maximum Gasteiger partial charge on any atom is 0.419 e. The first-order valence-corrected chi connectivity index (χ1v) is 8.42. The highest BCUT2D eigenvalue weighted by Crippen LogP contribution is 2.24. The summed E-state index contributed by atoms with van der Waals surface area (Å²) < 4.78 is 10.1. The zero-order chi connectivity index (χ0) is 19.6. The van der Waals surface area contributed by atoms with Crippen molar-refractivity contribution in [2.45, 2.75) is 13.0 Å². The molecule has 9 heteroatoms. The number of ether oxygens (including phenoxy) is 2. The third-order valence-electron chi connectivity index (χ3n) is 3.90. The van der Waals surface area contributed by atoms with Crippen molar-refractivity contribution in [3.05, 3.63) is 52.7 Å². The SMILES string of the molecule is COC(=O)C(C)Oc1ccc(N(C)c2nc3ccc(Cl)cc3n[n+]2[O-])cc1. The third kappa shape index (κ3) is 4.01. The highest BCUT2D eigenvalue weighted by Gasteiger charge is 2.20. The molecular formula is C18H17ClN4O4. The fourth-order valence-electron chi connectivity index (χ4n) is 2.45. The molecule has 0 amide bonds. The van der Waals surface area contributed by atoms with Crippen molar-refractivity contribution in [1.29, 1.82) is 0 Å². The van der Waals surface area contributed by atoms with Crippen LogP contribution in [0.5, 0.6) is 5.75 Å². The second-order valence-electron chi connectivity index (χ2n) is 5.75. The van der Waals surface area contributed by atoms with Crippen LogP contribution in [0.25, 0.3) is 11.0 Å². The second kappa shape index (κ2) is 7.63. The van der Waals surface area contributed by atoms with Crippen LogP contribution in [0.15, 0.2) is 42.5 Å². The average Bonchev–Trinajstić information content (AvgIpc) is 2.66. The fraction of sp³-hybridized carbons (Fsp3) is 0.222. The minimum absolute atomic E-state index is 0.112. The number of halogens is 1. The quantitative estimate of drug-likeness (QED) is 0.377. The highest BCUT2D eigenvalue weighted by molar-refractivity contribution is 6.31. The predicted octanol–water partition coefficient (Wildman–Crippen LogP) is 2.62. The molecule has 0 saturated carbocycles. The van der Waals surface area contributed by atoms with E-state index in [0.29, 0.717) is 32.3 Å². The Morgan fingerprint density at radius 1 is 1.22 bits per heavy atom. The zero-order valence-electron chi connectivity index (χ0n) is 14.9. The van der Waals surface area contributed by atoms with E-state index in [1.54, 1.807) is 61.3 Å². The summed E-state index contributed by atoms with van der Waals surface area (Å²) in [5, 5.41) is 16.7. The molecule has 3 rings (SSSR count). The molecule has 1 aromatic heterocycles. The summed E-state index contributed by atoms with van der Waals surface area (Å²) in [5.41, 5.74) is 1.66. The van der Waals surface area contributed by atoms with Crippen LogP contribution in [0.3, 0.4) is 0 Å². The first-order chi connectivity index (χ1) is 12.9. The highest BCUT2D eigenvalue weighted by atomic mass is 35.5. The zero-order valence-corrected chi connectivity index (χ0v) is 15.7. The Bertz CT molecular complexity index is 981. The van der Waals surface area contributed by atoms with Gasteiger partial charge in [-0.25, -0.2) is 9.69 Å². The lowest BCUT2D eigenvalue weighted by Gasteiger charge is -2.16. The fourth-order valence-corrected chi connectivity index (χ4v) is 2.62. The van der Waals surface area contributed by atoms with E-state index in [1.807, 2.05) is 0 Å². The molecule has 1 atom stereocenters. The number of anilines is 2. The van der Waals surface area contributed by atoms with Gasteiger partial charge in [-0.15, -0.1) is 9.94 Å². The lowest BCUT2D eigenvalue weighted by molar-refractivity contribution is -0.656. The van der Waals surface area contributed by atoms with Gasteiger partial charge in [0.05, 0.1) is 14.2 Å². The maximum atomic E-state index is 12.3. The Labute approximate surface area is 160 Å². The molecule has 0 aliphatic heterocycles. The Balaban J connectivity index is 1.84. The summed E-state index contributed by atoms with van der Waals surface area (Å²) in [4.78, 5) is 17.8. The van der Waals surface area contributed by atoms with E-state index in [1.165, 1.54) is 7.11 Å². The molecule has 0 bridgehead atoms. The molecule has 1 heterocycles. The monoisotopic (exact) mass is 388 g/mol. The summed E-state index contributed by atoms with van der Waals surface area (Å²) in [6.07, 6.45) is -0.722. The number of carbonyl (C=O) groups is 1. The summed E-state index contributed by atoms with van der Waals surface area (Å²) in [7, 11) is 3.00. The maximum absolute atomic E-state index is 12.3. The van der Waals surface area contributed by atoms with Crippen LogP contribution >= 0.6 is 11.6 Å². The number of esters is 1. The minimum Gasteiger partial charge on any atom is -0.722 e. The first kappa shape index (κ1) is 18.7. The lowest BCUT2D eigenvalue weighted by atomic mass is 10.3. The van der Waals surface area contributed by atoms with Gasteiger partial charge in [0, 0.05) is 5.02 Å². The third-order valence-corrected chi connectivity index (χ3v) is 4.13. The van der Waals surface area contributed by atoms with Gasteiger partial charge in [-0.2, -0.15) is 0 Å². The number of fused-ring (bicyclic) bond motifs is 1. The van der Waals surface area contributed by atoms with E-state index in [2.05, 4.69) is 14.8 Å². The number of hydrogen-bond donors (Lipinski definition) is 0. The molecule has 0 fully saturated rings. The number of methoxy groups -OCH3 is 1. The lowest BCUT2D eigenvalue weighted by Crippen LogP contribution is -2.39. The molecule has 0 saturated heterocycles. The predicted molar refractivity (Wildman–Crippen MR) is 100 cm³/mol. The van der Waals surface area contributed by atoms with Crippen molar-refractivity contribution in [2.75, 3.05) is 19.1 Å². The second-order valence-corrected chi connectivity index (χ2v) is 6.19. The molecule has 0 aliphatic rings. The molecule has 1 unspecified atom stereocenters. The van der Waals surface area contributed by atoms with Crippen LogP contribution in [-0.4, -0.2) is 36.3 Å². The molecule has 0 spiro atoms. The van der Waals surface area contributed by atoms with Crippen molar-refractivity contribution in [2.24, 2.45) is 0 Å². The first-order valence-electron chi connectivity index (χ1n) is 8.04. The molecule has 0 aliphatic carbocycles. The van der Waals surface area contributed by atoms with Gasteiger partial charge in [0.15, 0.2) is 11.6 Å². The van der Waals surface area contributed by atoms with Crippen molar-refractivity contribution in [3.8, 4) is 5.75 Å². The van der Waals surface area contributed by atoms with Gasteiger partial charge in [-0.1, -0.05) is 16.6 Å². The van der Waals surface area contributed by atoms with Crippen LogP contribution < -0.4 is 14.5 Å². The van der Waals surface area contributed by atoms with Crippen molar-refractivity contribution >= 4 is 40.2 Å². The van der Waals surface area contributed by atoms with Gasteiger partial charge in [-0.05, 0) is 49.4 Å². The largest absolute Gasteiger partial charge is 0.722 e. The Morgan fingerprint density at radius 2 is 1.93 bits per heavy atom. The van der Waals surface area contributed by atoms with Crippen LogP contribution in [0.1, 0.15) is 6.92 Å². The van der Waals surface area contributed by atoms with Crippen LogP contribution in [0, 0.1) is 5.21 Å². The standard InChI is InChI=1S/C18H17ClN4O4/c1-11(17(24)26-3)27-14-7-5-13(6-8-14)22(2)18-20-15-9-4-12(19)10-16(15)21-23(18)25/h4-11H,1-3H3. The Kier molecular flexibility index (Phi) is 5.27. The number of carbonyl (C=O) groups excluding carboxylic acids is 1. The average molecular weight is 389 g/mol.